The lowest BCUT2D eigenvalue weighted by atomic mass is 9.72. The summed E-state index contributed by atoms with van der Waals surface area (Å²) >= 11 is 0. The summed E-state index contributed by atoms with van der Waals surface area (Å²) < 4.78 is 0. The SMILES string of the molecule is C=C(C)[C@@H]1CCC(C)=C[C@H]1c1c(O)cc(C(C)C(C)CCC)c(C(=O)O)c1O. The molecule has 0 saturated heterocycles. The number of allylic oxidation sites excluding steroid dienone is 3. The molecule has 1 aromatic carbocycles. The Balaban J connectivity index is 2.68. The summed E-state index contributed by atoms with van der Waals surface area (Å²) in [5.41, 5.74) is 2.87. The smallest absolute Gasteiger partial charge is 0.339 e. The molecule has 0 heterocycles. The van der Waals surface area contributed by atoms with Gasteiger partial charge in [0.2, 0.25) is 0 Å². The average molecular weight is 387 g/mol. The van der Waals surface area contributed by atoms with Gasteiger partial charge < -0.3 is 15.3 Å². The van der Waals surface area contributed by atoms with Crippen LogP contribution in [0.15, 0.2) is 29.9 Å². The van der Waals surface area contributed by atoms with Crippen molar-refractivity contribution in [3.8, 4) is 11.5 Å². The van der Waals surface area contributed by atoms with Crippen LogP contribution in [0.5, 0.6) is 11.5 Å². The number of hydrogen-bond acceptors (Lipinski definition) is 3. The standard InChI is InChI=1S/C24H34O4/c1-7-8-15(5)16(6)18-12-20(25)21(23(26)22(18)24(27)28)19-11-14(4)9-10-17(19)13(2)3/h11-12,15-17,19,25-26H,2,7-10H2,1,3-6H3,(H,27,28)/t15?,16?,17-,19+/m0/s1. The molecule has 1 aromatic rings. The van der Waals surface area contributed by atoms with Gasteiger partial charge in [0.05, 0.1) is 0 Å². The van der Waals surface area contributed by atoms with Gasteiger partial charge in [-0.3, -0.25) is 0 Å². The molecule has 0 aromatic heterocycles. The number of carbonyl (C=O) groups is 1. The number of phenols is 2. The predicted octanol–water partition coefficient (Wildman–Crippen LogP) is 6.35. The molecule has 1 aliphatic carbocycles. The highest BCUT2D eigenvalue weighted by atomic mass is 16.4. The van der Waals surface area contributed by atoms with Crippen LogP contribution in [-0.4, -0.2) is 21.3 Å². The molecule has 0 saturated carbocycles. The molecular formula is C24H34O4. The predicted molar refractivity (Wildman–Crippen MR) is 113 cm³/mol. The zero-order valence-corrected chi connectivity index (χ0v) is 17.7. The highest BCUT2D eigenvalue weighted by Gasteiger charge is 2.34. The van der Waals surface area contributed by atoms with Crippen molar-refractivity contribution in [3.63, 3.8) is 0 Å². The molecule has 0 spiro atoms. The Hall–Kier alpha value is -2.23. The van der Waals surface area contributed by atoms with Crippen LogP contribution in [0.4, 0.5) is 0 Å². The quantitative estimate of drug-likeness (QED) is 0.477. The number of phenolic OH excluding ortho intramolecular Hbond substituents is 1. The molecule has 28 heavy (non-hydrogen) atoms. The highest BCUT2D eigenvalue weighted by Crippen LogP contribution is 2.49. The maximum atomic E-state index is 12.1. The molecule has 4 atom stereocenters. The fraction of sp³-hybridized carbons (Fsp3) is 0.542. The number of aromatic carboxylic acids is 1. The van der Waals surface area contributed by atoms with Crippen molar-refractivity contribution in [1.29, 1.82) is 0 Å². The van der Waals surface area contributed by atoms with E-state index in [1.165, 1.54) is 5.57 Å². The third-order valence-electron chi connectivity index (χ3n) is 6.36. The van der Waals surface area contributed by atoms with Crippen LogP contribution >= 0.6 is 0 Å². The lowest BCUT2D eigenvalue weighted by Crippen LogP contribution is -2.19. The van der Waals surface area contributed by atoms with E-state index in [1.807, 2.05) is 26.8 Å². The van der Waals surface area contributed by atoms with Crippen molar-refractivity contribution in [1.82, 2.24) is 0 Å². The van der Waals surface area contributed by atoms with E-state index in [0.29, 0.717) is 11.1 Å². The number of carboxylic acids is 1. The molecule has 2 rings (SSSR count). The average Bonchev–Trinajstić information content (AvgIpc) is 2.60. The van der Waals surface area contributed by atoms with E-state index in [-0.39, 0.29) is 40.7 Å². The molecule has 4 nitrogen and oxygen atoms in total. The summed E-state index contributed by atoms with van der Waals surface area (Å²) in [5, 5.41) is 31.8. The normalized spacial score (nSPS) is 21.7. The zero-order chi connectivity index (χ0) is 21.2. The van der Waals surface area contributed by atoms with Crippen LogP contribution in [0.2, 0.25) is 0 Å². The summed E-state index contributed by atoms with van der Waals surface area (Å²) in [6.45, 7) is 14.2. The summed E-state index contributed by atoms with van der Waals surface area (Å²) in [4.78, 5) is 12.1. The maximum Gasteiger partial charge on any atom is 0.339 e. The number of carboxylic acid groups (broad SMARTS) is 1. The first-order chi connectivity index (χ1) is 13.1. The van der Waals surface area contributed by atoms with E-state index in [1.54, 1.807) is 6.07 Å². The van der Waals surface area contributed by atoms with Gasteiger partial charge in [-0.25, -0.2) is 4.79 Å². The number of rotatable bonds is 7. The van der Waals surface area contributed by atoms with E-state index >= 15 is 0 Å². The van der Waals surface area contributed by atoms with Crippen LogP contribution < -0.4 is 0 Å². The van der Waals surface area contributed by atoms with Crippen molar-refractivity contribution in [2.45, 2.75) is 72.1 Å². The van der Waals surface area contributed by atoms with Crippen molar-refractivity contribution >= 4 is 5.97 Å². The van der Waals surface area contributed by atoms with Crippen molar-refractivity contribution in [3.05, 3.63) is 46.6 Å². The third-order valence-corrected chi connectivity index (χ3v) is 6.36. The second-order valence-corrected chi connectivity index (χ2v) is 8.51. The Kier molecular flexibility index (Phi) is 6.97. The Bertz CT molecular complexity index is 790. The van der Waals surface area contributed by atoms with Gasteiger partial charge >= 0.3 is 5.97 Å². The van der Waals surface area contributed by atoms with Crippen LogP contribution in [0.3, 0.4) is 0 Å². The van der Waals surface area contributed by atoms with E-state index < -0.39 is 5.97 Å². The van der Waals surface area contributed by atoms with Gasteiger partial charge in [0.15, 0.2) is 0 Å². The zero-order valence-electron chi connectivity index (χ0n) is 17.7. The van der Waals surface area contributed by atoms with E-state index in [2.05, 4.69) is 20.4 Å². The molecule has 0 aliphatic heterocycles. The minimum absolute atomic E-state index is 0.0322. The summed E-state index contributed by atoms with van der Waals surface area (Å²) in [6, 6.07) is 1.56. The van der Waals surface area contributed by atoms with E-state index in [0.717, 1.165) is 31.3 Å². The van der Waals surface area contributed by atoms with Gasteiger partial charge in [0.1, 0.15) is 17.1 Å². The Morgan fingerprint density at radius 1 is 1.32 bits per heavy atom. The van der Waals surface area contributed by atoms with Gasteiger partial charge in [-0.2, -0.15) is 0 Å². The first-order valence-corrected chi connectivity index (χ1v) is 10.2. The lowest BCUT2D eigenvalue weighted by Gasteiger charge is -2.32. The second kappa shape index (κ2) is 8.85. The first-order valence-electron chi connectivity index (χ1n) is 10.2. The number of hydrogen-bond donors (Lipinski definition) is 3. The van der Waals surface area contributed by atoms with Gasteiger partial charge in [-0.05, 0) is 56.1 Å². The third kappa shape index (κ3) is 4.26. The van der Waals surface area contributed by atoms with Crippen LogP contribution in [0.25, 0.3) is 0 Å². The van der Waals surface area contributed by atoms with Gasteiger partial charge in [-0.1, -0.05) is 57.4 Å². The molecular weight excluding hydrogens is 352 g/mol. The second-order valence-electron chi connectivity index (χ2n) is 8.51. The van der Waals surface area contributed by atoms with Crippen molar-refractivity contribution in [2.75, 3.05) is 0 Å². The van der Waals surface area contributed by atoms with Crippen LogP contribution in [0, 0.1) is 11.8 Å². The van der Waals surface area contributed by atoms with Gasteiger partial charge in [0.25, 0.3) is 0 Å². The Labute approximate surface area is 168 Å². The molecule has 0 amide bonds. The summed E-state index contributed by atoms with van der Waals surface area (Å²) in [6.07, 6.45) is 5.79. The molecule has 154 valence electrons. The number of benzene rings is 1. The molecule has 0 fully saturated rings. The highest BCUT2D eigenvalue weighted by molar-refractivity contribution is 5.94. The van der Waals surface area contributed by atoms with Crippen molar-refractivity contribution < 1.29 is 20.1 Å². The van der Waals surface area contributed by atoms with Crippen LogP contribution in [0.1, 0.15) is 93.6 Å². The molecule has 1 aliphatic rings. The molecule has 0 bridgehead atoms. The van der Waals surface area contributed by atoms with E-state index in [4.69, 9.17) is 0 Å². The van der Waals surface area contributed by atoms with Crippen molar-refractivity contribution in [2.24, 2.45) is 11.8 Å². The van der Waals surface area contributed by atoms with Crippen LogP contribution in [-0.2, 0) is 0 Å². The Morgan fingerprint density at radius 3 is 2.50 bits per heavy atom. The topological polar surface area (TPSA) is 77.8 Å². The lowest BCUT2D eigenvalue weighted by molar-refractivity contribution is 0.0691. The molecule has 0 radical (unpaired) electrons. The van der Waals surface area contributed by atoms with Gasteiger partial charge in [0, 0.05) is 11.5 Å². The minimum atomic E-state index is -1.16. The largest absolute Gasteiger partial charge is 0.507 e. The summed E-state index contributed by atoms with van der Waals surface area (Å²) in [7, 11) is 0. The maximum absolute atomic E-state index is 12.1. The minimum Gasteiger partial charge on any atom is -0.507 e. The molecule has 4 heteroatoms. The number of aromatic hydroxyl groups is 2. The van der Waals surface area contributed by atoms with Gasteiger partial charge in [-0.15, -0.1) is 0 Å². The summed E-state index contributed by atoms with van der Waals surface area (Å²) in [5.74, 6) is -1.56. The monoisotopic (exact) mass is 386 g/mol. The fourth-order valence-corrected chi connectivity index (χ4v) is 4.52. The van der Waals surface area contributed by atoms with E-state index in [9.17, 15) is 20.1 Å². The first kappa shape index (κ1) is 22.1. The Morgan fingerprint density at radius 2 is 1.96 bits per heavy atom. The fourth-order valence-electron chi connectivity index (χ4n) is 4.52. The molecule has 2 unspecified atom stereocenters. The molecule has 3 N–H and O–H groups in total.